The second kappa shape index (κ2) is 11.6. The van der Waals surface area contributed by atoms with Crippen LogP contribution in [0, 0.1) is 0 Å². The van der Waals surface area contributed by atoms with Crippen LogP contribution < -0.4 is 10.6 Å². The number of thiocarbonyl (C=S) groups is 1. The third kappa shape index (κ3) is 5.85. The maximum Gasteiger partial charge on any atom is 0.337 e. The van der Waals surface area contributed by atoms with Crippen LogP contribution in [0.15, 0.2) is 78.9 Å². The molecule has 5 nitrogen and oxygen atoms in total. The Morgan fingerprint density at radius 2 is 1.44 bits per heavy atom. The van der Waals surface area contributed by atoms with Crippen LogP contribution in [-0.4, -0.2) is 47.6 Å². The molecule has 0 radical (unpaired) electrons. The van der Waals surface area contributed by atoms with E-state index in [2.05, 4.69) is 76.3 Å². The number of anilines is 1. The zero-order valence-electron chi connectivity index (χ0n) is 17.6. The third-order valence-corrected chi connectivity index (χ3v) is 5.77. The molecule has 3 aromatic carbocycles. The van der Waals surface area contributed by atoms with E-state index in [4.69, 9.17) is 11.6 Å². The third-order valence-electron chi connectivity index (χ3n) is 5.46. The van der Waals surface area contributed by atoms with Crippen molar-refractivity contribution in [3.63, 3.8) is 0 Å². The van der Waals surface area contributed by atoms with Crippen LogP contribution in [0.5, 0.6) is 0 Å². The summed E-state index contributed by atoms with van der Waals surface area (Å²) < 4.78 is 0. The molecule has 0 bridgehead atoms. The largest absolute Gasteiger partial charge is 0.478 e. The summed E-state index contributed by atoms with van der Waals surface area (Å²) in [5.41, 5.74) is 9.31. The minimum atomic E-state index is -1.00. The molecule has 1 fully saturated rings. The minimum Gasteiger partial charge on any atom is -0.478 e. The molecule has 3 aromatic rings. The smallest absolute Gasteiger partial charge is 0.337 e. The van der Waals surface area contributed by atoms with Crippen LogP contribution in [0.3, 0.4) is 0 Å². The lowest BCUT2D eigenvalue weighted by Gasteiger charge is -2.40. The van der Waals surface area contributed by atoms with Crippen LogP contribution in [0.4, 0.5) is 5.69 Å². The number of nitrogens with zero attached hydrogens (tertiary/aromatic N) is 2. The average Bonchev–Trinajstić information content (AvgIpc) is 2.81. The van der Waals surface area contributed by atoms with E-state index in [0.717, 1.165) is 37.4 Å². The Kier molecular flexibility index (Phi) is 8.62. The van der Waals surface area contributed by atoms with E-state index in [1.807, 2.05) is 18.2 Å². The van der Waals surface area contributed by atoms with Crippen molar-refractivity contribution in [2.75, 3.05) is 31.1 Å². The van der Waals surface area contributed by atoms with Gasteiger partial charge in [0.15, 0.2) is 0 Å². The number of carboxylic acid groups (broad SMARTS) is 1. The Morgan fingerprint density at radius 3 is 1.88 bits per heavy atom. The first kappa shape index (κ1) is 23.7. The second-order valence-electron chi connectivity index (χ2n) is 7.35. The molecule has 0 amide bonds. The molecule has 0 saturated carbocycles. The van der Waals surface area contributed by atoms with E-state index in [9.17, 15) is 9.90 Å². The SMILES string of the molecule is NC=S.O=C(O)c1ccc(N2CCN(C(c3ccccc3)c3ccccc3)CC2)cc1Cl. The molecule has 7 heteroatoms. The number of rotatable bonds is 5. The summed E-state index contributed by atoms with van der Waals surface area (Å²) in [5.74, 6) is -1.00. The lowest BCUT2D eigenvalue weighted by molar-refractivity contribution is 0.0697. The fourth-order valence-corrected chi connectivity index (χ4v) is 4.25. The lowest BCUT2D eigenvalue weighted by atomic mass is 9.96. The summed E-state index contributed by atoms with van der Waals surface area (Å²) in [5, 5.41) is 9.46. The van der Waals surface area contributed by atoms with Crippen molar-refractivity contribution in [2.45, 2.75) is 6.04 Å². The number of nitrogens with two attached hydrogens (primary N) is 1. The van der Waals surface area contributed by atoms with E-state index < -0.39 is 5.97 Å². The number of aromatic carboxylic acids is 1. The summed E-state index contributed by atoms with van der Waals surface area (Å²) in [6.07, 6.45) is 0. The van der Waals surface area contributed by atoms with Crippen LogP contribution >= 0.6 is 23.8 Å². The molecule has 4 rings (SSSR count). The number of carbonyl (C=O) groups is 1. The van der Waals surface area contributed by atoms with Crippen LogP contribution in [0.1, 0.15) is 27.5 Å². The zero-order valence-corrected chi connectivity index (χ0v) is 19.2. The number of carboxylic acids is 1. The highest BCUT2D eigenvalue weighted by Crippen LogP contribution is 2.31. The van der Waals surface area contributed by atoms with Gasteiger partial charge in [-0.3, -0.25) is 4.90 Å². The fraction of sp³-hybridized carbons (Fsp3) is 0.200. The molecule has 0 aliphatic carbocycles. The topological polar surface area (TPSA) is 69.8 Å². The van der Waals surface area contributed by atoms with Gasteiger partial charge in [-0.25, -0.2) is 4.79 Å². The Balaban J connectivity index is 0.000000913. The number of hydrogen-bond acceptors (Lipinski definition) is 4. The van der Waals surface area contributed by atoms with Crippen LogP contribution in [0.2, 0.25) is 5.02 Å². The summed E-state index contributed by atoms with van der Waals surface area (Å²) >= 11 is 10.2. The molecule has 0 unspecified atom stereocenters. The second-order valence-corrected chi connectivity index (χ2v) is 8.03. The van der Waals surface area contributed by atoms with Gasteiger partial charge in [-0.2, -0.15) is 0 Å². The fourth-order valence-electron chi connectivity index (χ4n) is 4.00. The Hall–Kier alpha value is -2.93. The maximum atomic E-state index is 11.2. The van der Waals surface area contributed by atoms with Crippen molar-refractivity contribution in [1.82, 2.24) is 4.90 Å². The molecule has 1 aliphatic heterocycles. The first-order chi connectivity index (χ1) is 15.5. The van der Waals surface area contributed by atoms with Crippen LogP contribution in [-0.2, 0) is 0 Å². The molecule has 0 atom stereocenters. The number of piperazine rings is 1. The predicted molar refractivity (Wildman–Crippen MR) is 135 cm³/mol. The highest BCUT2D eigenvalue weighted by atomic mass is 35.5. The van der Waals surface area contributed by atoms with E-state index in [0.29, 0.717) is 0 Å². The standard InChI is InChI=1S/C24H23ClN2O2.CH3NS/c25-22-17-20(11-12-21(22)24(28)29)26-13-15-27(16-14-26)23(18-7-3-1-4-8-18)19-9-5-2-6-10-19;2-1-3/h1-12,17,23H,13-16H2,(H,28,29);1H,(H2,2,3). The van der Waals surface area contributed by atoms with E-state index >= 15 is 0 Å². The van der Waals surface area contributed by atoms with Crippen LogP contribution in [0.25, 0.3) is 0 Å². The van der Waals surface area contributed by atoms with Gasteiger partial charge < -0.3 is 15.7 Å². The average molecular weight is 468 g/mol. The van der Waals surface area contributed by atoms with Crippen molar-refractivity contribution in [3.05, 3.63) is 101 Å². The minimum absolute atomic E-state index is 0.141. The molecular formula is C25H26ClN3O2S. The van der Waals surface area contributed by atoms with Crippen molar-refractivity contribution in [2.24, 2.45) is 5.73 Å². The zero-order chi connectivity index (χ0) is 22.9. The maximum absolute atomic E-state index is 11.2. The molecule has 1 aliphatic rings. The Bertz CT molecular complexity index is 986. The van der Waals surface area contributed by atoms with Gasteiger partial charge in [0.05, 0.1) is 22.1 Å². The van der Waals surface area contributed by atoms with E-state index in [-0.39, 0.29) is 16.6 Å². The number of hydrogen-bond donors (Lipinski definition) is 2. The summed E-state index contributed by atoms with van der Waals surface area (Å²) in [6, 6.07) is 26.6. The summed E-state index contributed by atoms with van der Waals surface area (Å²) in [6.45, 7) is 3.54. The Morgan fingerprint density at radius 1 is 0.938 bits per heavy atom. The predicted octanol–water partition coefficient (Wildman–Crippen LogP) is 4.85. The molecule has 0 spiro atoms. The Labute approximate surface area is 199 Å². The van der Waals surface area contributed by atoms with Gasteiger partial charge in [-0.05, 0) is 29.3 Å². The molecule has 32 heavy (non-hydrogen) atoms. The van der Waals surface area contributed by atoms with Gasteiger partial charge in [0, 0.05) is 31.9 Å². The molecule has 3 N–H and O–H groups in total. The normalized spacial score (nSPS) is 13.9. The van der Waals surface area contributed by atoms with Gasteiger partial charge in [-0.15, -0.1) is 0 Å². The first-order valence-corrected chi connectivity index (χ1v) is 11.2. The highest BCUT2D eigenvalue weighted by molar-refractivity contribution is 7.78. The van der Waals surface area contributed by atoms with Crippen molar-refractivity contribution < 1.29 is 9.90 Å². The van der Waals surface area contributed by atoms with Gasteiger partial charge in [-0.1, -0.05) is 84.5 Å². The summed E-state index contributed by atoms with van der Waals surface area (Å²) in [4.78, 5) is 16.0. The molecule has 0 aromatic heterocycles. The van der Waals surface area contributed by atoms with Crippen molar-refractivity contribution in [1.29, 1.82) is 0 Å². The van der Waals surface area contributed by atoms with E-state index in [1.165, 1.54) is 11.1 Å². The van der Waals surface area contributed by atoms with Gasteiger partial charge in [0.1, 0.15) is 0 Å². The molecule has 1 saturated heterocycles. The van der Waals surface area contributed by atoms with Gasteiger partial charge >= 0.3 is 5.97 Å². The quantitative estimate of drug-likeness (QED) is 0.522. The van der Waals surface area contributed by atoms with E-state index in [1.54, 1.807) is 12.1 Å². The molecule has 1 heterocycles. The number of benzene rings is 3. The van der Waals surface area contributed by atoms with Gasteiger partial charge in [0.25, 0.3) is 0 Å². The molecular weight excluding hydrogens is 442 g/mol. The summed E-state index contributed by atoms with van der Waals surface area (Å²) in [7, 11) is 0. The highest BCUT2D eigenvalue weighted by Gasteiger charge is 2.26. The van der Waals surface area contributed by atoms with Gasteiger partial charge in [0.2, 0.25) is 0 Å². The molecule has 166 valence electrons. The first-order valence-electron chi connectivity index (χ1n) is 10.3. The van der Waals surface area contributed by atoms with Crippen molar-refractivity contribution in [3.8, 4) is 0 Å². The lowest BCUT2D eigenvalue weighted by Crippen LogP contribution is -2.48. The monoisotopic (exact) mass is 467 g/mol. The number of halogens is 1. The van der Waals surface area contributed by atoms with Crippen molar-refractivity contribution >= 4 is 41.0 Å².